The van der Waals surface area contributed by atoms with Crippen LogP contribution in [0, 0.1) is 0 Å². The monoisotopic (exact) mass is 371 g/mol. The van der Waals surface area contributed by atoms with E-state index in [9.17, 15) is 9.59 Å². The maximum absolute atomic E-state index is 13.2. The van der Waals surface area contributed by atoms with Crippen molar-refractivity contribution < 1.29 is 9.59 Å². The highest BCUT2D eigenvalue weighted by atomic mass is 16.2. The predicted octanol–water partition coefficient (Wildman–Crippen LogP) is 3.49. The average Bonchev–Trinajstić information content (AvgIpc) is 2.98. The Hall–Kier alpha value is -3.18. The number of rotatable bonds is 3. The highest BCUT2D eigenvalue weighted by Crippen LogP contribution is 2.33. The van der Waals surface area contributed by atoms with Gasteiger partial charge in [-0.15, -0.1) is 0 Å². The minimum Gasteiger partial charge on any atom is -0.309 e. The van der Waals surface area contributed by atoms with Gasteiger partial charge in [0.15, 0.2) is 0 Å². The maximum atomic E-state index is 13.2. The summed E-state index contributed by atoms with van der Waals surface area (Å²) in [4.78, 5) is 31.7. The van der Waals surface area contributed by atoms with Gasteiger partial charge < -0.3 is 4.90 Å². The van der Waals surface area contributed by atoms with Crippen molar-refractivity contribution in [3.8, 4) is 0 Å². The van der Waals surface area contributed by atoms with Crippen LogP contribution in [0.25, 0.3) is 10.8 Å². The topological polar surface area (TPSA) is 43.9 Å². The van der Waals surface area contributed by atoms with Gasteiger partial charge in [0.25, 0.3) is 5.91 Å². The second-order valence-electron chi connectivity index (χ2n) is 7.38. The molecule has 2 aliphatic rings. The number of anilines is 1. The molecular weight excluding hydrogens is 350 g/mol. The zero-order valence-corrected chi connectivity index (χ0v) is 15.5. The summed E-state index contributed by atoms with van der Waals surface area (Å²) < 4.78 is 0. The first-order valence-corrected chi connectivity index (χ1v) is 9.61. The number of fused-ring (bicyclic) bond motifs is 2. The second-order valence-corrected chi connectivity index (χ2v) is 7.38. The van der Waals surface area contributed by atoms with Gasteiger partial charge in [-0.25, -0.2) is 9.69 Å². The van der Waals surface area contributed by atoms with Crippen molar-refractivity contribution in [3.05, 3.63) is 78.4 Å². The molecule has 28 heavy (non-hydrogen) atoms. The lowest BCUT2D eigenvalue weighted by atomic mass is 10.1. The minimum absolute atomic E-state index is 0.126. The van der Waals surface area contributed by atoms with E-state index in [0.29, 0.717) is 18.8 Å². The Morgan fingerprint density at radius 1 is 0.821 bits per heavy atom. The number of hydrogen-bond acceptors (Lipinski definition) is 3. The van der Waals surface area contributed by atoms with Gasteiger partial charge in [-0.1, -0.05) is 66.7 Å². The lowest BCUT2D eigenvalue weighted by Crippen LogP contribution is -2.52. The molecule has 0 N–H and O–H groups in total. The standard InChI is InChI=1S/C23H21N3O2/c27-22-21-16-24(15-17-7-2-1-3-8-17)13-14-25(21)23(28)26(22)20-12-6-10-18-9-4-5-11-19(18)20/h1-12,21H,13-16H2. The molecule has 0 saturated carbocycles. The van der Waals surface area contributed by atoms with Crippen LogP contribution >= 0.6 is 0 Å². The Bertz CT molecular complexity index is 1040. The molecule has 0 aromatic heterocycles. The van der Waals surface area contributed by atoms with Gasteiger partial charge in [-0.05, 0) is 17.0 Å². The summed E-state index contributed by atoms with van der Waals surface area (Å²) >= 11 is 0. The SMILES string of the molecule is O=C1C2CN(Cc3ccccc3)CCN2C(=O)N1c1cccc2ccccc12. The number of carbonyl (C=O) groups is 2. The zero-order valence-electron chi connectivity index (χ0n) is 15.5. The molecule has 3 amide bonds. The fourth-order valence-electron chi connectivity index (χ4n) is 4.26. The molecule has 0 spiro atoms. The van der Waals surface area contributed by atoms with E-state index < -0.39 is 6.04 Å². The zero-order chi connectivity index (χ0) is 19.1. The van der Waals surface area contributed by atoms with Crippen LogP contribution in [-0.2, 0) is 11.3 Å². The van der Waals surface area contributed by atoms with Gasteiger partial charge in [0.1, 0.15) is 6.04 Å². The van der Waals surface area contributed by atoms with E-state index in [1.54, 1.807) is 4.90 Å². The summed E-state index contributed by atoms with van der Waals surface area (Å²) in [6.45, 7) is 2.71. The fraction of sp³-hybridized carbons (Fsp3) is 0.217. The van der Waals surface area contributed by atoms with Crippen LogP contribution in [0.2, 0.25) is 0 Å². The first kappa shape index (κ1) is 17.0. The number of benzene rings is 3. The summed E-state index contributed by atoms with van der Waals surface area (Å²) in [6, 6.07) is 23.2. The molecule has 5 heteroatoms. The molecule has 1 unspecified atom stereocenters. The number of piperazine rings is 1. The molecule has 2 saturated heterocycles. The van der Waals surface area contributed by atoms with Crippen LogP contribution in [0.1, 0.15) is 5.56 Å². The van der Waals surface area contributed by atoms with Gasteiger partial charge in [-0.2, -0.15) is 0 Å². The van der Waals surface area contributed by atoms with Crippen molar-refractivity contribution >= 4 is 28.4 Å². The predicted molar refractivity (Wildman–Crippen MR) is 109 cm³/mol. The molecule has 5 nitrogen and oxygen atoms in total. The maximum Gasteiger partial charge on any atom is 0.332 e. The third-order valence-electron chi connectivity index (χ3n) is 5.66. The largest absolute Gasteiger partial charge is 0.332 e. The highest BCUT2D eigenvalue weighted by Gasteiger charge is 2.48. The van der Waals surface area contributed by atoms with Crippen LogP contribution in [0.3, 0.4) is 0 Å². The van der Waals surface area contributed by atoms with Crippen molar-refractivity contribution in [1.82, 2.24) is 9.80 Å². The van der Waals surface area contributed by atoms with E-state index in [1.165, 1.54) is 10.5 Å². The van der Waals surface area contributed by atoms with Crippen LogP contribution < -0.4 is 4.90 Å². The second kappa shape index (κ2) is 6.77. The molecule has 2 heterocycles. The molecule has 140 valence electrons. The smallest absolute Gasteiger partial charge is 0.309 e. The molecule has 3 aromatic rings. The van der Waals surface area contributed by atoms with Gasteiger partial charge >= 0.3 is 6.03 Å². The lowest BCUT2D eigenvalue weighted by Gasteiger charge is -2.35. The Kier molecular flexibility index (Phi) is 4.10. The molecule has 5 rings (SSSR count). The Balaban J connectivity index is 1.43. The molecule has 3 aromatic carbocycles. The lowest BCUT2D eigenvalue weighted by molar-refractivity contribution is -0.121. The van der Waals surface area contributed by atoms with E-state index in [2.05, 4.69) is 17.0 Å². The fourth-order valence-corrected chi connectivity index (χ4v) is 4.26. The highest BCUT2D eigenvalue weighted by molar-refractivity contribution is 6.24. The van der Waals surface area contributed by atoms with Crippen LogP contribution in [-0.4, -0.2) is 47.4 Å². The number of hydrogen-bond donors (Lipinski definition) is 0. The average molecular weight is 371 g/mol. The molecular formula is C23H21N3O2. The van der Waals surface area contributed by atoms with Crippen molar-refractivity contribution in [2.75, 3.05) is 24.5 Å². The molecule has 0 bridgehead atoms. The summed E-state index contributed by atoms with van der Waals surface area (Å²) in [6.07, 6.45) is 0. The van der Waals surface area contributed by atoms with Gasteiger partial charge in [0.05, 0.1) is 5.69 Å². The number of urea groups is 1. The molecule has 2 fully saturated rings. The number of imide groups is 1. The first-order chi connectivity index (χ1) is 13.7. The summed E-state index contributed by atoms with van der Waals surface area (Å²) in [5, 5.41) is 1.95. The number of nitrogens with zero attached hydrogens (tertiary/aromatic N) is 3. The third kappa shape index (κ3) is 2.75. The van der Waals surface area contributed by atoms with Gasteiger partial charge in [-0.3, -0.25) is 9.69 Å². The van der Waals surface area contributed by atoms with Crippen molar-refractivity contribution in [2.45, 2.75) is 12.6 Å². The molecule has 1 atom stereocenters. The Labute approximate surface area is 163 Å². The van der Waals surface area contributed by atoms with Crippen LogP contribution in [0.4, 0.5) is 10.5 Å². The first-order valence-electron chi connectivity index (χ1n) is 9.61. The quantitative estimate of drug-likeness (QED) is 0.662. The molecule has 0 aliphatic carbocycles. The van der Waals surface area contributed by atoms with Gasteiger partial charge in [0.2, 0.25) is 0 Å². The van der Waals surface area contributed by atoms with Gasteiger partial charge in [0, 0.05) is 31.6 Å². The Morgan fingerprint density at radius 3 is 2.43 bits per heavy atom. The Morgan fingerprint density at radius 2 is 1.57 bits per heavy atom. The molecule has 2 aliphatic heterocycles. The number of amides is 3. The van der Waals surface area contributed by atoms with Crippen molar-refractivity contribution in [1.29, 1.82) is 0 Å². The summed E-state index contributed by atoms with van der Waals surface area (Å²) in [5.41, 5.74) is 1.90. The normalized spacial score (nSPS) is 20.1. The van der Waals surface area contributed by atoms with Crippen molar-refractivity contribution in [3.63, 3.8) is 0 Å². The van der Waals surface area contributed by atoms with Crippen LogP contribution in [0.15, 0.2) is 72.8 Å². The number of carbonyl (C=O) groups excluding carboxylic acids is 2. The van der Waals surface area contributed by atoms with E-state index >= 15 is 0 Å². The summed E-state index contributed by atoms with van der Waals surface area (Å²) in [5.74, 6) is -0.126. The van der Waals surface area contributed by atoms with E-state index in [4.69, 9.17) is 0 Å². The van der Waals surface area contributed by atoms with Crippen molar-refractivity contribution in [2.24, 2.45) is 0 Å². The summed E-state index contributed by atoms with van der Waals surface area (Å²) in [7, 11) is 0. The third-order valence-corrected chi connectivity index (χ3v) is 5.66. The van der Waals surface area contributed by atoms with E-state index in [0.717, 1.165) is 23.9 Å². The minimum atomic E-state index is -0.413. The van der Waals surface area contributed by atoms with Crippen LogP contribution in [0.5, 0.6) is 0 Å². The van der Waals surface area contributed by atoms with E-state index in [-0.39, 0.29) is 11.9 Å². The molecule has 0 radical (unpaired) electrons. The van der Waals surface area contributed by atoms with E-state index in [1.807, 2.05) is 60.7 Å².